The summed E-state index contributed by atoms with van der Waals surface area (Å²) in [4.78, 5) is 26.2. The lowest BCUT2D eigenvalue weighted by Crippen LogP contribution is -2.48. The minimum absolute atomic E-state index is 0.240. The number of carbonyl (C=O) groups is 2. The molecule has 1 N–H and O–H groups in total. The zero-order chi connectivity index (χ0) is 19.8. The first kappa shape index (κ1) is 20.2. The number of halogens is 1. The van der Waals surface area contributed by atoms with E-state index >= 15 is 0 Å². The summed E-state index contributed by atoms with van der Waals surface area (Å²) in [5.74, 6) is 0.0605. The van der Waals surface area contributed by atoms with E-state index in [9.17, 15) is 14.0 Å². The number of likely N-dealkylation sites (N-methyl/N-ethyl adjacent to an activating group) is 1. The smallest absolute Gasteiger partial charge is 0.261 e. The summed E-state index contributed by atoms with van der Waals surface area (Å²) < 4.78 is 23.5. The van der Waals surface area contributed by atoms with Crippen molar-refractivity contribution in [1.82, 2.24) is 10.2 Å². The van der Waals surface area contributed by atoms with Gasteiger partial charge in [0.05, 0.1) is 7.11 Å². The average molecular weight is 374 g/mol. The van der Waals surface area contributed by atoms with E-state index in [1.54, 1.807) is 26.2 Å². The molecule has 7 heteroatoms. The van der Waals surface area contributed by atoms with Crippen molar-refractivity contribution in [2.45, 2.75) is 19.5 Å². The first-order valence-electron chi connectivity index (χ1n) is 8.47. The topological polar surface area (TPSA) is 67.9 Å². The summed E-state index contributed by atoms with van der Waals surface area (Å²) >= 11 is 0. The Kier molecular flexibility index (Phi) is 7.16. The Morgan fingerprint density at radius 3 is 2.22 bits per heavy atom. The second-order valence-electron chi connectivity index (χ2n) is 5.90. The van der Waals surface area contributed by atoms with E-state index in [-0.39, 0.29) is 30.8 Å². The fourth-order valence-electron chi connectivity index (χ4n) is 2.48. The fraction of sp³-hybridized carbons (Fsp3) is 0.300. The normalized spacial score (nSPS) is 11.4. The van der Waals surface area contributed by atoms with Crippen molar-refractivity contribution in [1.29, 1.82) is 0 Å². The van der Waals surface area contributed by atoms with Gasteiger partial charge in [-0.25, -0.2) is 4.39 Å². The van der Waals surface area contributed by atoms with Gasteiger partial charge in [-0.05, 0) is 48.9 Å². The van der Waals surface area contributed by atoms with Crippen LogP contribution < -0.4 is 14.8 Å². The summed E-state index contributed by atoms with van der Waals surface area (Å²) in [5, 5.41) is 2.55. The van der Waals surface area contributed by atoms with E-state index in [4.69, 9.17) is 9.47 Å². The Bertz CT molecular complexity index is 763. The number of hydrogen-bond donors (Lipinski definition) is 1. The molecule has 0 aliphatic rings. The van der Waals surface area contributed by atoms with E-state index < -0.39 is 6.04 Å². The standard InChI is InChI=1S/C20H23FN2O4/c1-14(20(25)22-2)23(12-15-4-8-17(26-3)9-5-15)19(24)13-27-18-10-6-16(21)7-11-18/h4-11,14H,12-13H2,1-3H3,(H,22,25)/t14-/m0/s1. The van der Waals surface area contributed by atoms with Crippen LogP contribution in [-0.4, -0.2) is 43.5 Å². The van der Waals surface area contributed by atoms with Gasteiger partial charge in [0.2, 0.25) is 5.91 Å². The third kappa shape index (κ3) is 5.70. The molecule has 0 aliphatic heterocycles. The second-order valence-corrected chi connectivity index (χ2v) is 5.90. The van der Waals surface area contributed by atoms with Gasteiger partial charge < -0.3 is 19.7 Å². The zero-order valence-corrected chi connectivity index (χ0v) is 15.6. The third-order valence-electron chi connectivity index (χ3n) is 4.10. The van der Waals surface area contributed by atoms with E-state index in [1.807, 2.05) is 12.1 Å². The van der Waals surface area contributed by atoms with Crippen LogP contribution in [0.25, 0.3) is 0 Å². The van der Waals surface area contributed by atoms with Crippen LogP contribution in [0.5, 0.6) is 11.5 Å². The van der Waals surface area contributed by atoms with Gasteiger partial charge in [0.25, 0.3) is 5.91 Å². The molecule has 0 unspecified atom stereocenters. The molecule has 144 valence electrons. The van der Waals surface area contributed by atoms with Crippen LogP contribution in [0.2, 0.25) is 0 Å². The van der Waals surface area contributed by atoms with Crippen LogP contribution >= 0.6 is 0 Å². The van der Waals surface area contributed by atoms with Gasteiger partial charge in [-0.2, -0.15) is 0 Å². The molecule has 0 spiro atoms. The minimum atomic E-state index is -0.679. The van der Waals surface area contributed by atoms with E-state index in [0.717, 1.165) is 5.56 Å². The predicted octanol–water partition coefficient (Wildman–Crippen LogP) is 2.38. The number of ether oxygens (including phenoxy) is 2. The number of nitrogens with one attached hydrogen (secondary N) is 1. The molecule has 2 amide bonds. The number of amides is 2. The van der Waals surface area contributed by atoms with Crippen molar-refractivity contribution >= 4 is 11.8 Å². The second kappa shape index (κ2) is 9.56. The molecule has 0 radical (unpaired) electrons. The lowest BCUT2D eigenvalue weighted by Gasteiger charge is -2.28. The number of rotatable bonds is 8. The summed E-state index contributed by atoms with van der Waals surface area (Å²) in [6, 6.07) is 11.9. The maximum atomic E-state index is 13.0. The van der Waals surface area contributed by atoms with Crippen LogP contribution in [0.3, 0.4) is 0 Å². The van der Waals surface area contributed by atoms with Crippen molar-refractivity contribution < 1.29 is 23.5 Å². The minimum Gasteiger partial charge on any atom is -0.497 e. The van der Waals surface area contributed by atoms with Crippen LogP contribution in [0, 0.1) is 5.82 Å². The van der Waals surface area contributed by atoms with Crippen molar-refractivity contribution in [3.63, 3.8) is 0 Å². The van der Waals surface area contributed by atoms with Crippen molar-refractivity contribution in [3.05, 3.63) is 59.9 Å². The van der Waals surface area contributed by atoms with Gasteiger partial charge >= 0.3 is 0 Å². The van der Waals surface area contributed by atoms with Crippen LogP contribution in [0.4, 0.5) is 4.39 Å². The molecule has 1 atom stereocenters. The summed E-state index contributed by atoms with van der Waals surface area (Å²) in [6.07, 6.45) is 0. The van der Waals surface area contributed by atoms with Gasteiger partial charge in [-0.1, -0.05) is 12.1 Å². The maximum Gasteiger partial charge on any atom is 0.261 e. The molecule has 27 heavy (non-hydrogen) atoms. The van der Waals surface area contributed by atoms with Gasteiger partial charge in [0.1, 0.15) is 23.4 Å². The molecule has 2 aromatic carbocycles. The molecular weight excluding hydrogens is 351 g/mol. The lowest BCUT2D eigenvalue weighted by atomic mass is 10.1. The molecular formula is C20H23FN2O4. The highest BCUT2D eigenvalue weighted by molar-refractivity contribution is 5.87. The summed E-state index contributed by atoms with van der Waals surface area (Å²) in [6.45, 7) is 1.63. The van der Waals surface area contributed by atoms with Gasteiger partial charge in [-0.3, -0.25) is 9.59 Å². The van der Waals surface area contributed by atoms with E-state index in [0.29, 0.717) is 11.5 Å². The molecule has 2 rings (SSSR count). The zero-order valence-electron chi connectivity index (χ0n) is 15.6. The quantitative estimate of drug-likeness (QED) is 0.770. The molecule has 2 aromatic rings. The molecule has 0 saturated carbocycles. The Morgan fingerprint density at radius 2 is 1.67 bits per heavy atom. The largest absolute Gasteiger partial charge is 0.497 e. The summed E-state index contributed by atoms with van der Waals surface area (Å²) in [5.41, 5.74) is 0.849. The lowest BCUT2D eigenvalue weighted by molar-refractivity contribution is -0.142. The highest BCUT2D eigenvalue weighted by Crippen LogP contribution is 2.16. The fourth-order valence-corrected chi connectivity index (χ4v) is 2.48. The summed E-state index contributed by atoms with van der Waals surface area (Å²) in [7, 11) is 3.09. The van der Waals surface area contributed by atoms with Gasteiger partial charge in [0.15, 0.2) is 6.61 Å². The first-order chi connectivity index (χ1) is 12.9. The number of carbonyl (C=O) groups excluding carboxylic acids is 2. The Morgan fingerprint density at radius 1 is 1.07 bits per heavy atom. The molecule has 6 nitrogen and oxygen atoms in total. The third-order valence-corrected chi connectivity index (χ3v) is 4.10. The van der Waals surface area contributed by atoms with Crippen LogP contribution in [0.1, 0.15) is 12.5 Å². The molecule has 0 aliphatic carbocycles. The van der Waals surface area contributed by atoms with Crippen LogP contribution in [-0.2, 0) is 16.1 Å². The van der Waals surface area contributed by atoms with Crippen molar-refractivity contribution in [3.8, 4) is 11.5 Å². The van der Waals surface area contributed by atoms with E-state index in [1.165, 1.54) is 36.2 Å². The number of hydrogen-bond acceptors (Lipinski definition) is 4. The van der Waals surface area contributed by atoms with Crippen LogP contribution in [0.15, 0.2) is 48.5 Å². The van der Waals surface area contributed by atoms with E-state index in [2.05, 4.69) is 5.32 Å². The number of benzene rings is 2. The van der Waals surface area contributed by atoms with Gasteiger partial charge in [0, 0.05) is 13.6 Å². The molecule has 0 heterocycles. The molecule has 0 bridgehead atoms. The van der Waals surface area contributed by atoms with Crippen molar-refractivity contribution in [2.75, 3.05) is 20.8 Å². The molecule has 0 saturated heterocycles. The Hall–Kier alpha value is -3.09. The first-order valence-corrected chi connectivity index (χ1v) is 8.47. The number of methoxy groups -OCH3 is 1. The average Bonchev–Trinajstić information content (AvgIpc) is 2.70. The molecule has 0 aromatic heterocycles. The van der Waals surface area contributed by atoms with Gasteiger partial charge in [-0.15, -0.1) is 0 Å². The Balaban J connectivity index is 2.10. The maximum absolute atomic E-state index is 13.0. The van der Waals surface area contributed by atoms with Crippen molar-refractivity contribution in [2.24, 2.45) is 0 Å². The highest BCUT2D eigenvalue weighted by atomic mass is 19.1. The SMILES string of the molecule is CNC(=O)[C@H](C)N(Cc1ccc(OC)cc1)C(=O)COc1ccc(F)cc1. The molecule has 0 fully saturated rings. The highest BCUT2D eigenvalue weighted by Gasteiger charge is 2.25. The predicted molar refractivity (Wildman–Crippen MR) is 99.0 cm³/mol. The Labute approximate surface area is 157 Å². The number of nitrogens with zero attached hydrogens (tertiary/aromatic N) is 1. The monoisotopic (exact) mass is 374 g/mol.